The van der Waals surface area contributed by atoms with Crippen molar-refractivity contribution in [3.05, 3.63) is 29.6 Å². The molecule has 0 saturated heterocycles. The van der Waals surface area contributed by atoms with E-state index in [1.807, 2.05) is 18.2 Å². The van der Waals surface area contributed by atoms with E-state index in [2.05, 4.69) is 21.8 Å². The average molecular weight is 215 g/mol. The van der Waals surface area contributed by atoms with Crippen LogP contribution >= 0.6 is 0 Å². The van der Waals surface area contributed by atoms with Gasteiger partial charge in [0.2, 0.25) is 0 Å². The number of benzene rings is 1. The number of aryl methyl sites for hydroxylation is 1. The summed E-state index contributed by atoms with van der Waals surface area (Å²) in [7, 11) is 0. The SMILES string of the molecule is CCc1nc2cccc3c2n1CCNC3=O. The zero-order valence-corrected chi connectivity index (χ0v) is 9.16. The van der Waals surface area contributed by atoms with E-state index in [0.717, 1.165) is 35.4 Å². The van der Waals surface area contributed by atoms with Crippen molar-refractivity contribution in [2.24, 2.45) is 0 Å². The van der Waals surface area contributed by atoms with Gasteiger partial charge in [-0.1, -0.05) is 13.0 Å². The number of hydrogen-bond acceptors (Lipinski definition) is 2. The first-order chi connectivity index (χ1) is 7.81. The van der Waals surface area contributed by atoms with Crippen LogP contribution in [0.25, 0.3) is 11.0 Å². The van der Waals surface area contributed by atoms with Gasteiger partial charge in [-0.05, 0) is 12.1 Å². The van der Waals surface area contributed by atoms with E-state index in [1.165, 1.54) is 0 Å². The summed E-state index contributed by atoms with van der Waals surface area (Å²) < 4.78 is 2.16. The summed E-state index contributed by atoms with van der Waals surface area (Å²) in [6, 6.07) is 5.72. The molecular formula is C12H13N3O. The lowest BCUT2D eigenvalue weighted by molar-refractivity contribution is 0.0956. The van der Waals surface area contributed by atoms with Crippen LogP contribution in [0.3, 0.4) is 0 Å². The molecule has 0 spiro atoms. The molecule has 0 atom stereocenters. The number of nitrogens with one attached hydrogen (secondary N) is 1. The van der Waals surface area contributed by atoms with Gasteiger partial charge in [0, 0.05) is 19.5 Å². The maximum absolute atomic E-state index is 11.8. The maximum atomic E-state index is 11.8. The Hall–Kier alpha value is -1.84. The van der Waals surface area contributed by atoms with Crippen LogP contribution in [0.15, 0.2) is 18.2 Å². The Morgan fingerprint density at radius 3 is 3.19 bits per heavy atom. The molecule has 0 fully saturated rings. The van der Waals surface area contributed by atoms with Gasteiger partial charge in [-0.15, -0.1) is 0 Å². The van der Waals surface area contributed by atoms with Crippen molar-refractivity contribution in [2.45, 2.75) is 19.9 Å². The topological polar surface area (TPSA) is 46.9 Å². The number of carbonyl (C=O) groups excluding carboxylic acids is 1. The van der Waals surface area contributed by atoms with Gasteiger partial charge in [-0.25, -0.2) is 4.98 Å². The summed E-state index contributed by atoms with van der Waals surface area (Å²) in [5.74, 6) is 1.06. The highest BCUT2D eigenvalue weighted by Crippen LogP contribution is 2.22. The molecular weight excluding hydrogens is 202 g/mol. The molecule has 0 saturated carbocycles. The molecule has 16 heavy (non-hydrogen) atoms. The highest BCUT2D eigenvalue weighted by molar-refractivity contribution is 6.05. The fourth-order valence-electron chi connectivity index (χ4n) is 2.30. The minimum Gasteiger partial charge on any atom is -0.350 e. The van der Waals surface area contributed by atoms with Crippen molar-refractivity contribution in [3.8, 4) is 0 Å². The van der Waals surface area contributed by atoms with Gasteiger partial charge in [0.05, 0.1) is 16.6 Å². The number of carbonyl (C=O) groups is 1. The normalized spacial score (nSPS) is 14.9. The number of aromatic nitrogens is 2. The minimum atomic E-state index is 0.00639. The van der Waals surface area contributed by atoms with Crippen molar-refractivity contribution < 1.29 is 4.79 Å². The highest BCUT2D eigenvalue weighted by atomic mass is 16.1. The quantitative estimate of drug-likeness (QED) is 0.780. The van der Waals surface area contributed by atoms with E-state index in [1.54, 1.807) is 0 Å². The van der Waals surface area contributed by atoms with Gasteiger partial charge in [-0.2, -0.15) is 0 Å². The molecule has 1 N–H and O–H groups in total. The molecule has 0 unspecified atom stereocenters. The zero-order valence-electron chi connectivity index (χ0n) is 9.16. The summed E-state index contributed by atoms with van der Waals surface area (Å²) in [4.78, 5) is 16.4. The van der Waals surface area contributed by atoms with E-state index < -0.39 is 0 Å². The lowest BCUT2D eigenvalue weighted by Crippen LogP contribution is -2.24. The Morgan fingerprint density at radius 2 is 2.38 bits per heavy atom. The van der Waals surface area contributed by atoms with Crippen molar-refractivity contribution in [2.75, 3.05) is 6.54 Å². The van der Waals surface area contributed by atoms with Gasteiger partial charge < -0.3 is 9.88 Å². The molecule has 0 radical (unpaired) electrons. The number of amides is 1. The Bertz CT molecular complexity index is 571. The summed E-state index contributed by atoms with van der Waals surface area (Å²) in [5.41, 5.74) is 2.64. The molecule has 1 aromatic carbocycles. The van der Waals surface area contributed by atoms with Gasteiger partial charge in [0.1, 0.15) is 5.82 Å². The second-order valence-electron chi connectivity index (χ2n) is 3.96. The van der Waals surface area contributed by atoms with Crippen LogP contribution in [0.1, 0.15) is 23.1 Å². The van der Waals surface area contributed by atoms with Crippen molar-refractivity contribution >= 4 is 16.9 Å². The second kappa shape index (κ2) is 3.33. The molecule has 1 aromatic heterocycles. The maximum Gasteiger partial charge on any atom is 0.253 e. The largest absolute Gasteiger partial charge is 0.350 e. The molecule has 4 heteroatoms. The third kappa shape index (κ3) is 1.16. The van der Waals surface area contributed by atoms with Gasteiger partial charge in [-0.3, -0.25) is 4.79 Å². The van der Waals surface area contributed by atoms with Gasteiger partial charge >= 0.3 is 0 Å². The average Bonchev–Trinajstić information content (AvgIpc) is 2.57. The summed E-state index contributed by atoms with van der Waals surface area (Å²) in [5, 5.41) is 2.90. The van der Waals surface area contributed by atoms with E-state index in [-0.39, 0.29) is 5.91 Å². The molecule has 1 aliphatic heterocycles. The Kier molecular flexibility index (Phi) is 1.96. The lowest BCUT2D eigenvalue weighted by atomic mass is 10.2. The van der Waals surface area contributed by atoms with Crippen molar-refractivity contribution in [3.63, 3.8) is 0 Å². The van der Waals surface area contributed by atoms with E-state index in [9.17, 15) is 4.79 Å². The van der Waals surface area contributed by atoms with Crippen LogP contribution in [-0.4, -0.2) is 22.0 Å². The monoisotopic (exact) mass is 215 g/mol. The molecule has 82 valence electrons. The van der Waals surface area contributed by atoms with E-state index in [0.29, 0.717) is 6.54 Å². The molecule has 2 aromatic rings. The van der Waals surface area contributed by atoms with Crippen LogP contribution in [0, 0.1) is 0 Å². The summed E-state index contributed by atoms with van der Waals surface area (Å²) in [6.07, 6.45) is 0.891. The van der Waals surface area contributed by atoms with Crippen LogP contribution in [0.2, 0.25) is 0 Å². The molecule has 1 aliphatic rings. The summed E-state index contributed by atoms with van der Waals surface area (Å²) >= 11 is 0. The molecule has 0 bridgehead atoms. The summed E-state index contributed by atoms with van der Waals surface area (Å²) in [6.45, 7) is 3.57. The number of hydrogen-bond donors (Lipinski definition) is 1. The standard InChI is InChI=1S/C12H13N3O/c1-2-10-14-9-5-3-4-8-11(9)15(10)7-6-13-12(8)16/h3-5H,2,6-7H2,1H3,(H,13,16). The number of rotatable bonds is 1. The van der Waals surface area contributed by atoms with Gasteiger partial charge in [0.15, 0.2) is 0 Å². The molecule has 0 aliphatic carbocycles. The predicted octanol–water partition coefficient (Wildman–Crippen LogP) is 1.34. The first-order valence-corrected chi connectivity index (χ1v) is 5.57. The second-order valence-corrected chi connectivity index (χ2v) is 3.96. The lowest BCUT2D eigenvalue weighted by Gasteiger charge is -2.04. The number of nitrogens with zero attached hydrogens (tertiary/aromatic N) is 2. The minimum absolute atomic E-state index is 0.00639. The third-order valence-corrected chi connectivity index (χ3v) is 3.03. The molecule has 2 heterocycles. The van der Waals surface area contributed by atoms with Crippen LogP contribution in [0.5, 0.6) is 0 Å². The first kappa shape index (κ1) is 9.39. The number of para-hydroxylation sites is 1. The van der Waals surface area contributed by atoms with Crippen LogP contribution in [-0.2, 0) is 13.0 Å². The zero-order chi connectivity index (χ0) is 11.1. The van der Waals surface area contributed by atoms with Crippen LogP contribution in [0.4, 0.5) is 0 Å². The Balaban J connectivity index is 2.41. The van der Waals surface area contributed by atoms with E-state index >= 15 is 0 Å². The first-order valence-electron chi connectivity index (χ1n) is 5.57. The van der Waals surface area contributed by atoms with Crippen molar-refractivity contribution in [1.82, 2.24) is 14.9 Å². The Labute approximate surface area is 93.3 Å². The van der Waals surface area contributed by atoms with Crippen molar-refractivity contribution in [1.29, 1.82) is 0 Å². The fraction of sp³-hybridized carbons (Fsp3) is 0.333. The van der Waals surface area contributed by atoms with E-state index in [4.69, 9.17) is 0 Å². The Morgan fingerprint density at radius 1 is 1.50 bits per heavy atom. The molecule has 1 amide bonds. The molecule has 4 nitrogen and oxygen atoms in total. The number of imidazole rings is 1. The fourth-order valence-corrected chi connectivity index (χ4v) is 2.30. The van der Waals surface area contributed by atoms with Gasteiger partial charge in [0.25, 0.3) is 5.91 Å². The predicted molar refractivity (Wildman–Crippen MR) is 61.4 cm³/mol. The van der Waals surface area contributed by atoms with Crippen LogP contribution < -0.4 is 5.32 Å². The molecule has 3 rings (SSSR count). The third-order valence-electron chi connectivity index (χ3n) is 3.03. The highest BCUT2D eigenvalue weighted by Gasteiger charge is 2.19. The smallest absolute Gasteiger partial charge is 0.253 e.